The van der Waals surface area contributed by atoms with Crippen LogP contribution in [0.15, 0.2) is 67.0 Å². The van der Waals surface area contributed by atoms with Crippen molar-refractivity contribution < 1.29 is 9.53 Å². The van der Waals surface area contributed by atoms with E-state index in [-0.39, 0.29) is 5.91 Å². The quantitative estimate of drug-likeness (QED) is 0.404. The fourth-order valence-electron chi connectivity index (χ4n) is 3.83. The Labute approximate surface area is 187 Å². The number of carbonyl (C=O) groups is 1. The van der Waals surface area contributed by atoms with E-state index in [1.165, 1.54) is 5.56 Å². The third-order valence-corrected chi connectivity index (χ3v) is 5.57. The topological polar surface area (TPSA) is 73.1 Å². The number of methoxy groups -OCH3 is 1. The number of benzene rings is 2. The molecule has 0 aliphatic carbocycles. The first-order chi connectivity index (χ1) is 15.7. The van der Waals surface area contributed by atoms with Crippen LogP contribution in [0.4, 0.5) is 0 Å². The number of pyridine rings is 1. The summed E-state index contributed by atoms with van der Waals surface area (Å²) in [4.78, 5) is 19.4. The Kier molecular flexibility index (Phi) is 6.87. The summed E-state index contributed by atoms with van der Waals surface area (Å²) in [5.41, 5.74) is 3.22. The molecule has 0 aliphatic rings. The molecular weight excluding hydrogens is 402 g/mol. The van der Waals surface area contributed by atoms with Gasteiger partial charge in [-0.3, -0.25) is 9.78 Å². The highest BCUT2D eigenvalue weighted by atomic mass is 16.5. The number of rotatable bonds is 9. The zero-order valence-corrected chi connectivity index (χ0v) is 18.4. The molecule has 4 aromatic rings. The minimum atomic E-state index is -0.124. The van der Waals surface area contributed by atoms with Crippen LogP contribution >= 0.6 is 0 Å². The minimum absolute atomic E-state index is 0.124. The van der Waals surface area contributed by atoms with E-state index in [1.807, 2.05) is 55.6 Å². The van der Waals surface area contributed by atoms with Crippen molar-refractivity contribution in [1.29, 1.82) is 0 Å². The van der Waals surface area contributed by atoms with Gasteiger partial charge in [0.25, 0.3) is 5.91 Å². The summed E-state index contributed by atoms with van der Waals surface area (Å²) in [6, 6.07) is 18.2. The van der Waals surface area contributed by atoms with Crippen LogP contribution in [0.3, 0.4) is 0 Å². The van der Waals surface area contributed by atoms with E-state index >= 15 is 0 Å². The van der Waals surface area contributed by atoms with Gasteiger partial charge in [-0.2, -0.15) is 0 Å². The highest BCUT2D eigenvalue weighted by Crippen LogP contribution is 2.23. The monoisotopic (exact) mass is 429 g/mol. The van der Waals surface area contributed by atoms with Crippen LogP contribution in [0.5, 0.6) is 0 Å². The summed E-state index contributed by atoms with van der Waals surface area (Å²) in [5.74, 6) is -0.124. The van der Waals surface area contributed by atoms with E-state index in [9.17, 15) is 4.79 Å². The molecule has 0 saturated heterocycles. The summed E-state index contributed by atoms with van der Waals surface area (Å²) < 4.78 is 6.97. The molecule has 2 aromatic heterocycles. The SMILES string of the molecule is COCCN(CCCc1ccccc1)C(=O)c1nnn(-c2cccc3cnccc23)c1C. The standard InChI is InChI=1S/C25H27N5O2/c1-19-24(27-28-30(19)23-12-6-11-21-18-26-14-13-22(21)23)25(31)29(16-17-32-2)15-7-10-20-8-4-3-5-9-20/h3-6,8-9,11-14,18H,7,10,15-17H2,1-2H3. The van der Waals surface area contributed by atoms with E-state index in [1.54, 1.807) is 22.9 Å². The van der Waals surface area contributed by atoms with Gasteiger partial charge in [0.05, 0.1) is 18.0 Å². The third-order valence-electron chi connectivity index (χ3n) is 5.57. The molecule has 4 rings (SSSR count). The number of nitrogens with zero attached hydrogens (tertiary/aromatic N) is 5. The number of hydrogen-bond donors (Lipinski definition) is 0. The van der Waals surface area contributed by atoms with Crippen molar-refractivity contribution in [3.63, 3.8) is 0 Å². The highest BCUT2D eigenvalue weighted by Gasteiger charge is 2.23. The fourth-order valence-corrected chi connectivity index (χ4v) is 3.83. The van der Waals surface area contributed by atoms with Crippen molar-refractivity contribution in [2.24, 2.45) is 0 Å². The van der Waals surface area contributed by atoms with Gasteiger partial charge in [-0.15, -0.1) is 5.10 Å². The molecule has 7 heteroatoms. The second-order valence-corrected chi connectivity index (χ2v) is 7.68. The van der Waals surface area contributed by atoms with E-state index in [0.717, 1.165) is 29.3 Å². The van der Waals surface area contributed by atoms with E-state index in [2.05, 4.69) is 27.4 Å². The van der Waals surface area contributed by atoms with Crippen LogP contribution in [0.25, 0.3) is 16.5 Å². The first kappa shape index (κ1) is 21.6. The van der Waals surface area contributed by atoms with E-state index in [0.29, 0.717) is 31.1 Å². The summed E-state index contributed by atoms with van der Waals surface area (Å²) in [5, 5.41) is 10.6. The van der Waals surface area contributed by atoms with Gasteiger partial charge < -0.3 is 9.64 Å². The van der Waals surface area contributed by atoms with Gasteiger partial charge in [-0.25, -0.2) is 4.68 Å². The predicted molar refractivity (Wildman–Crippen MR) is 124 cm³/mol. The lowest BCUT2D eigenvalue weighted by molar-refractivity contribution is 0.0686. The number of aromatic nitrogens is 4. The lowest BCUT2D eigenvalue weighted by Crippen LogP contribution is -2.35. The number of hydrogen-bond acceptors (Lipinski definition) is 5. The van der Waals surface area contributed by atoms with Gasteiger partial charge in [0.1, 0.15) is 0 Å². The lowest BCUT2D eigenvalue weighted by Gasteiger charge is -2.21. The Hall–Kier alpha value is -3.58. The van der Waals surface area contributed by atoms with E-state index < -0.39 is 0 Å². The van der Waals surface area contributed by atoms with Crippen LogP contribution in [0.1, 0.15) is 28.2 Å². The predicted octanol–water partition coefficient (Wildman–Crippen LogP) is 3.85. The normalized spacial score (nSPS) is 11.1. The van der Waals surface area contributed by atoms with Crippen molar-refractivity contribution in [3.05, 3.63) is 83.9 Å². The summed E-state index contributed by atoms with van der Waals surface area (Å²) >= 11 is 0. The molecule has 2 aromatic carbocycles. The molecule has 1 amide bonds. The molecule has 32 heavy (non-hydrogen) atoms. The number of ether oxygens (including phenoxy) is 1. The molecule has 0 spiro atoms. The lowest BCUT2D eigenvalue weighted by atomic mass is 10.1. The summed E-state index contributed by atoms with van der Waals surface area (Å²) in [7, 11) is 1.64. The molecule has 0 saturated carbocycles. The summed E-state index contributed by atoms with van der Waals surface area (Å²) in [6.07, 6.45) is 5.34. The number of aryl methyl sites for hydroxylation is 1. The average Bonchev–Trinajstić information content (AvgIpc) is 3.22. The number of carbonyl (C=O) groups excluding carboxylic acids is 1. The maximum Gasteiger partial charge on any atom is 0.276 e. The fraction of sp³-hybridized carbons (Fsp3) is 0.280. The molecule has 0 radical (unpaired) electrons. The zero-order chi connectivity index (χ0) is 22.3. The third kappa shape index (κ3) is 4.68. The second kappa shape index (κ2) is 10.2. The molecular formula is C25H27N5O2. The molecule has 0 bridgehead atoms. The van der Waals surface area contributed by atoms with Crippen LogP contribution in [-0.4, -0.2) is 57.6 Å². The Bertz CT molecular complexity index is 1180. The maximum atomic E-state index is 13.4. The smallest absolute Gasteiger partial charge is 0.276 e. The molecule has 2 heterocycles. The van der Waals surface area contributed by atoms with E-state index in [4.69, 9.17) is 4.74 Å². The van der Waals surface area contributed by atoms with Crippen molar-refractivity contribution in [1.82, 2.24) is 24.9 Å². The van der Waals surface area contributed by atoms with Crippen LogP contribution < -0.4 is 0 Å². The molecule has 0 fully saturated rings. The van der Waals surface area contributed by atoms with Gasteiger partial charge in [0.2, 0.25) is 0 Å². The first-order valence-electron chi connectivity index (χ1n) is 10.8. The second-order valence-electron chi connectivity index (χ2n) is 7.68. The highest BCUT2D eigenvalue weighted by molar-refractivity contribution is 5.94. The molecule has 0 atom stereocenters. The minimum Gasteiger partial charge on any atom is -0.383 e. The zero-order valence-electron chi connectivity index (χ0n) is 18.4. The Morgan fingerprint density at radius 1 is 1.06 bits per heavy atom. The maximum absolute atomic E-state index is 13.4. The Balaban J connectivity index is 1.55. The van der Waals surface area contributed by atoms with Crippen LogP contribution in [0.2, 0.25) is 0 Å². The Morgan fingerprint density at radius 2 is 1.91 bits per heavy atom. The number of amides is 1. The molecule has 0 aliphatic heterocycles. The number of fused-ring (bicyclic) bond motifs is 1. The molecule has 0 unspecified atom stereocenters. The van der Waals surface area contributed by atoms with Gasteiger partial charge >= 0.3 is 0 Å². The van der Waals surface area contributed by atoms with Crippen molar-refractivity contribution in [2.45, 2.75) is 19.8 Å². The first-order valence-corrected chi connectivity index (χ1v) is 10.8. The van der Waals surface area contributed by atoms with Crippen LogP contribution in [0, 0.1) is 6.92 Å². The average molecular weight is 430 g/mol. The van der Waals surface area contributed by atoms with Gasteiger partial charge in [-0.05, 0) is 37.5 Å². The molecule has 7 nitrogen and oxygen atoms in total. The largest absolute Gasteiger partial charge is 0.383 e. The van der Waals surface area contributed by atoms with Gasteiger partial charge in [0.15, 0.2) is 5.69 Å². The van der Waals surface area contributed by atoms with Crippen molar-refractivity contribution >= 4 is 16.7 Å². The molecule has 0 N–H and O–H groups in total. The van der Waals surface area contributed by atoms with Gasteiger partial charge in [-0.1, -0.05) is 47.7 Å². The Morgan fingerprint density at radius 3 is 2.72 bits per heavy atom. The van der Waals surface area contributed by atoms with Crippen LogP contribution in [-0.2, 0) is 11.2 Å². The van der Waals surface area contributed by atoms with Crippen molar-refractivity contribution in [3.8, 4) is 5.69 Å². The summed E-state index contributed by atoms with van der Waals surface area (Å²) in [6.45, 7) is 3.49. The van der Waals surface area contributed by atoms with Crippen molar-refractivity contribution in [2.75, 3.05) is 26.8 Å². The molecule has 164 valence electrons. The van der Waals surface area contributed by atoms with Gasteiger partial charge in [0, 0.05) is 43.4 Å².